The van der Waals surface area contributed by atoms with E-state index in [9.17, 15) is 9.59 Å². The number of fused-ring (bicyclic) bond motifs is 2. The second-order valence-electron chi connectivity index (χ2n) is 7.78. The van der Waals surface area contributed by atoms with Crippen LogP contribution >= 0.6 is 0 Å². The van der Waals surface area contributed by atoms with Gasteiger partial charge in [-0.15, -0.1) is 0 Å². The predicted molar refractivity (Wildman–Crippen MR) is 86.7 cm³/mol. The SMILES string of the molecule is CC(C)C[Si](O)(O)O[Si](C)(C)CCC1CC2C=CC1C2. The number of rotatable bonds is 7. The van der Waals surface area contributed by atoms with Crippen molar-refractivity contribution in [3.05, 3.63) is 12.2 Å². The van der Waals surface area contributed by atoms with Gasteiger partial charge < -0.3 is 13.7 Å². The van der Waals surface area contributed by atoms with Crippen molar-refractivity contribution in [2.75, 3.05) is 0 Å². The van der Waals surface area contributed by atoms with Crippen molar-refractivity contribution in [3.63, 3.8) is 0 Å². The maximum absolute atomic E-state index is 10.1. The molecule has 1 saturated carbocycles. The van der Waals surface area contributed by atoms with E-state index in [0.717, 1.165) is 23.8 Å². The molecule has 2 N–H and O–H groups in total. The van der Waals surface area contributed by atoms with Crippen LogP contribution in [-0.4, -0.2) is 26.7 Å². The first kappa shape index (κ1) is 16.4. The first-order valence-electron chi connectivity index (χ1n) is 8.00. The molecule has 0 aromatic rings. The summed E-state index contributed by atoms with van der Waals surface area (Å²) in [6.45, 7) is 8.27. The molecule has 2 aliphatic rings. The highest BCUT2D eigenvalue weighted by atomic mass is 28.5. The lowest BCUT2D eigenvalue weighted by Crippen LogP contribution is -2.50. The lowest BCUT2D eigenvalue weighted by atomic mass is 9.91. The third-order valence-corrected chi connectivity index (χ3v) is 11.0. The Labute approximate surface area is 125 Å². The van der Waals surface area contributed by atoms with Gasteiger partial charge >= 0.3 is 8.80 Å². The minimum Gasteiger partial charge on any atom is -0.416 e. The molecule has 0 radical (unpaired) electrons. The Kier molecular flexibility index (Phi) is 4.96. The fraction of sp³-hybridized carbons (Fsp3) is 0.867. The van der Waals surface area contributed by atoms with Gasteiger partial charge in [0.15, 0.2) is 8.32 Å². The molecule has 0 aromatic heterocycles. The molecular weight excluding hydrogens is 284 g/mol. The van der Waals surface area contributed by atoms with Crippen LogP contribution in [0.1, 0.15) is 33.1 Å². The minimum atomic E-state index is -3.45. The standard InChI is InChI=1S/C15H30O3Si2/c1-12(2)11-20(16,17)18-19(3,4)8-7-15-10-13-5-6-14(15)9-13/h5-6,12-17H,7-11H2,1-4H3. The molecule has 2 bridgehead atoms. The highest BCUT2D eigenvalue weighted by Gasteiger charge is 2.42. The summed E-state index contributed by atoms with van der Waals surface area (Å²) >= 11 is 0. The van der Waals surface area contributed by atoms with Crippen molar-refractivity contribution < 1.29 is 13.7 Å². The van der Waals surface area contributed by atoms with Gasteiger partial charge in [-0.3, -0.25) is 0 Å². The molecule has 20 heavy (non-hydrogen) atoms. The molecule has 116 valence electrons. The Morgan fingerprint density at radius 1 is 1.20 bits per heavy atom. The van der Waals surface area contributed by atoms with Gasteiger partial charge in [0.2, 0.25) is 0 Å². The minimum absolute atomic E-state index is 0.275. The summed E-state index contributed by atoms with van der Waals surface area (Å²) in [4.78, 5) is 20.2. The summed E-state index contributed by atoms with van der Waals surface area (Å²) in [6, 6.07) is 1.46. The molecule has 0 aliphatic heterocycles. The molecule has 3 unspecified atom stereocenters. The van der Waals surface area contributed by atoms with E-state index >= 15 is 0 Å². The molecule has 3 nitrogen and oxygen atoms in total. The Hall–Kier alpha value is 0.0538. The molecule has 2 rings (SSSR count). The molecule has 0 spiro atoms. The molecule has 5 heteroatoms. The third-order valence-electron chi connectivity index (χ3n) is 4.65. The zero-order chi connectivity index (χ0) is 15.0. The van der Waals surface area contributed by atoms with Crippen molar-refractivity contribution in [1.82, 2.24) is 0 Å². The van der Waals surface area contributed by atoms with Crippen molar-refractivity contribution in [3.8, 4) is 0 Å². The Bertz CT molecular complexity index is 366. The van der Waals surface area contributed by atoms with E-state index in [1.165, 1.54) is 19.3 Å². The van der Waals surface area contributed by atoms with Gasteiger partial charge in [0.25, 0.3) is 0 Å². The number of hydrogen-bond donors (Lipinski definition) is 2. The van der Waals surface area contributed by atoms with Crippen LogP contribution in [0.3, 0.4) is 0 Å². The molecule has 1 fully saturated rings. The van der Waals surface area contributed by atoms with Gasteiger partial charge in [0.05, 0.1) is 0 Å². The van der Waals surface area contributed by atoms with Crippen LogP contribution in [0.25, 0.3) is 0 Å². The van der Waals surface area contributed by atoms with Crippen LogP contribution in [-0.2, 0) is 4.12 Å². The van der Waals surface area contributed by atoms with Crippen LogP contribution in [0.5, 0.6) is 0 Å². The maximum Gasteiger partial charge on any atom is 0.485 e. The van der Waals surface area contributed by atoms with E-state index in [2.05, 4.69) is 25.2 Å². The first-order valence-corrected chi connectivity index (χ1v) is 13.1. The van der Waals surface area contributed by atoms with Crippen molar-refractivity contribution in [2.24, 2.45) is 23.7 Å². The average molecular weight is 315 g/mol. The molecule has 0 heterocycles. The summed E-state index contributed by atoms with van der Waals surface area (Å²) in [5.41, 5.74) is 0. The molecular formula is C15H30O3Si2. The van der Waals surface area contributed by atoms with Gasteiger partial charge in [-0.2, -0.15) is 0 Å². The number of hydrogen-bond acceptors (Lipinski definition) is 3. The van der Waals surface area contributed by atoms with Crippen molar-refractivity contribution >= 4 is 17.1 Å². The Balaban J connectivity index is 1.80. The number of allylic oxidation sites excluding steroid dienone is 2. The van der Waals surface area contributed by atoms with Crippen molar-refractivity contribution in [1.29, 1.82) is 0 Å². The lowest BCUT2D eigenvalue weighted by molar-refractivity contribution is 0.226. The van der Waals surface area contributed by atoms with E-state index in [1.54, 1.807) is 0 Å². The topological polar surface area (TPSA) is 49.7 Å². The fourth-order valence-electron chi connectivity index (χ4n) is 3.83. The molecule has 0 saturated heterocycles. The Morgan fingerprint density at radius 2 is 1.90 bits per heavy atom. The van der Waals surface area contributed by atoms with Crippen LogP contribution in [0.2, 0.25) is 25.2 Å². The second kappa shape index (κ2) is 6.04. The maximum atomic E-state index is 10.1. The van der Waals surface area contributed by atoms with Crippen LogP contribution in [0, 0.1) is 23.7 Å². The fourth-order valence-corrected chi connectivity index (χ4v) is 10.2. The summed E-state index contributed by atoms with van der Waals surface area (Å²) in [5, 5.41) is 0. The van der Waals surface area contributed by atoms with Crippen molar-refractivity contribution in [2.45, 2.75) is 58.3 Å². The molecule has 0 aromatic carbocycles. The zero-order valence-electron chi connectivity index (χ0n) is 13.3. The zero-order valence-corrected chi connectivity index (χ0v) is 15.3. The van der Waals surface area contributed by atoms with E-state index in [4.69, 9.17) is 4.12 Å². The first-order chi connectivity index (χ1) is 9.17. The summed E-state index contributed by atoms with van der Waals surface area (Å²) in [5.74, 6) is 2.68. The third kappa shape index (κ3) is 4.53. The molecule has 0 amide bonds. The van der Waals surface area contributed by atoms with Crippen LogP contribution < -0.4 is 0 Å². The molecule has 3 atom stereocenters. The van der Waals surface area contributed by atoms with E-state index in [0.29, 0.717) is 6.04 Å². The van der Waals surface area contributed by atoms with Crippen LogP contribution in [0.4, 0.5) is 0 Å². The second-order valence-corrected chi connectivity index (χ2v) is 14.5. The summed E-state index contributed by atoms with van der Waals surface area (Å²) in [7, 11) is -5.41. The quantitative estimate of drug-likeness (QED) is 0.559. The van der Waals surface area contributed by atoms with Gasteiger partial charge in [-0.05, 0) is 55.7 Å². The average Bonchev–Trinajstić information content (AvgIpc) is 2.84. The summed E-state index contributed by atoms with van der Waals surface area (Å²) < 4.78 is 5.85. The van der Waals surface area contributed by atoms with Crippen LogP contribution in [0.15, 0.2) is 12.2 Å². The highest BCUT2D eigenvalue weighted by molar-refractivity contribution is 6.80. The van der Waals surface area contributed by atoms with E-state index in [1.807, 2.05) is 13.8 Å². The normalized spacial score (nSPS) is 29.6. The van der Waals surface area contributed by atoms with Gasteiger partial charge in [0, 0.05) is 6.04 Å². The summed E-state index contributed by atoms with van der Waals surface area (Å²) in [6.07, 6.45) is 8.64. The monoisotopic (exact) mass is 314 g/mol. The smallest absolute Gasteiger partial charge is 0.416 e. The molecule has 2 aliphatic carbocycles. The van der Waals surface area contributed by atoms with E-state index < -0.39 is 17.1 Å². The van der Waals surface area contributed by atoms with Gasteiger partial charge in [-0.25, -0.2) is 0 Å². The highest BCUT2D eigenvalue weighted by Crippen LogP contribution is 2.46. The lowest BCUT2D eigenvalue weighted by Gasteiger charge is -2.32. The van der Waals surface area contributed by atoms with E-state index in [-0.39, 0.29) is 5.92 Å². The van der Waals surface area contributed by atoms with Gasteiger partial charge in [0.1, 0.15) is 0 Å². The van der Waals surface area contributed by atoms with Gasteiger partial charge in [-0.1, -0.05) is 32.4 Å². The Morgan fingerprint density at radius 3 is 2.40 bits per heavy atom. The predicted octanol–water partition coefficient (Wildman–Crippen LogP) is 3.39. The largest absolute Gasteiger partial charge is 0.485 e.